The molecule has 36 heavy (non-hydrogen) atoms. The molecule has 0 aliphatic carbocycles. The highest BCUT2D eigenvalue weighted by Gasteiger charge is 2.21. The first-order valence-corrected chi connectivity index (χ1v) is 13.2. The van der Waals surface area contributed by atoms with Crippen LogP contribution < -0.4 is 15.0 Å². The van der Waals surface area contributed by atoms with Crippen molar-refractivity contribution < 1.29 is 19.5 Å². The van der Waals surface area contributed by atoms with E-state index in [9.17, 15) is 4.79 Å². The Labute approximate surface area is 225 Å². The number of hydrogen-bond acceptors (Lipinski definition) is 5. The van der Waals surface area contributed by atoms with E-state index in [1.54, 1.807) is 11.5 Å². The molecule has 190 valence electrons. The second-order valence-corrected chi connectivity index (χ2v) is 10.2. The van der Waals surface area contributed by atoms with Gasteiger partial charge in [-0.15, -0.1) is 0 Å². The maximum Gasteiger partial charge on any atom is 0.281 e. The Kier molecular flexibility index (Phi) is 9.26. The first-order valence-electron chi connectivity index (χ1n) is 12.0. The third-order valence-corrected chi connectivity index (χ3v) is 7.69. The van der Waals surface area contributed by atoms with Gasteiger partial charge in [-0.1, -0.05) is 66.6 Å². The van der Waals surface area contributed by atoms with Crippen LogP contribution in [-0.2, 0) is 17.9 Å². The van der Waals surface area contributed by atoms with Crippen LogP contribution in [0, 0.1) is 0 Å². The zero-order chi connectivity index (χ0) is 25.5. The lowest BCUT2D eigenvalue weighted by molar-refractivity contribution is -0.131. The highest BCUT2D eigenvalue weighted by molar-refractivity contribution is 9.10. The van der Waals surface area contributed by atoms with E-state index in [2.05, 4.69) is 46.0 Å². The van der Waals surface area contributed by atoms with Crippen molar-refractivity contribution in [1.29, 1.82) is 0 Å². The Bertz CT molecular complexity index is 1190. The average molecular weight is 574 g/mol. The van der Waals surface area contributed by atoms with E-state index in [0.29, 0.717) is 35.7 Å². The molecule has 1 heterocycles. The first-order chi connectivity index (χ1) is 17.5. The summed E-state index contributed by atoms with van der Waals surface area (Å²) in [6.45, 7) is 3.85. The molecule has 0 bridgehead atoms. The molecule has 0 unspecified atom stereocenters. The van der Waals surface area contributed by atoms with Gasteiger partial charge >= 0.3 is 0 Å². The molecular weight excluding hydrogens is 544 g/mol. The second-order valence-electron chi connectivity index (χ2n) is 8.96. The summed E-state index contributed by atoms with van der Waals surface area (Å²) in [6, 6.07) is 20.2. The van der Waals surface area contributed by atoms with Crippen LogP contribution in [0.25, 0.3) is 11.1 Å². The third-order valence-electron chi connectivity index (χ3n) is 6.46. The van der Waals surface area contributed by atoms with Crippen LogP contribution in [0.4, 0.5) is 0 Å². The number of amides is 1. The van der Waals surface area contributed by atoms with E-state index in [4.69, 9.17) is 26.3 Å². The number of carbonyl (C=O) groups is 1. The van der Waals surface area contributed by atoms with Crippen molar-refractivity contribution >= 4 is 33.4 Å². The Morgan fingerprint density at radius 2 is 1.89 bits per heavy atom. The van der Waals surface area contributed by atoms with Gasteiger partial charge in [-0.2, -0.15) is 0 Å². The molecule has 1 saturated heterocycles. The second kappa shape index (κ2) is 12.6. The SMILES string of the molecule is C[C@@H]1CCCCN1Cc1cc(Cl)c(OCc2cccc(-c3ccccc3)c2Br)cc1OCC(=O)NO. The molecule has 0 saturated carbocycles. The maximum atomic E-state index is 11.6. The molecule has 1 aliphatic rings. The largest absolute Gasteiger partial charge is 0.487 e. The molecule has 1 fully saturated rings. The maximum absolute atomic E-state index is 11.6. The van der Waals surface area contributed by atoms with Crippen LogP contribution in [0.5, 0.6) is 11.5 Å². The van der Waals surface area contributed by atoms with Crippen molar-refractivity contribution in [2.45, 2.75) is 45.4 Å². The van der Waals surface area contributed by atoms with Gasteiger partial charge in [0.1, 0.15) is 18.1 Å². The van der Waals surface area contributed by atoms with Crippen LogP contribution >= 0.6 is 27.5 Å². The zero-order valence-electron chi connectivity index (χ0n) is 20.2. The van der Waals surface area contributed by atoms with Crippen LogP contribution in [0.3, 0.4) is 0 Å². The summed E-state index contributed by atoms with van der Waals surface area (Å²) in [4.78, 5) is 14.0. The number of halogens is 2. The van der Waals surface area contributed by atoms with Crippen molar-refractivity contribution in [3.05, 3.63) is 81.3 Å². The number of rotatable bonds is 9. The van der Waals surface area contributed by atoms with Crippen molar-refractivity contribution in [3.63, 3.8) is 0 Å². The number of benzene rings is 3. The van der Waals surface area contributed by atoms with Crippen molar-refractivity contribution in [2.24, 2.45) is 0 Å². The summed E-state index contributed by atoms with van der Waals surface area (Å²) in [5.74, 6) is 0.336. The molecule has 1 aliphatic heterocycles. The summed E-state index contributed by atoms with van der Waals surface area (Å²) >= 11 is 10.4. The minimum atomic E-state index is -0.633. The zero-order valence-corrected chi connectivity index (χ0v) is 22.5. The molecule has 2 N–H and O–H groups in total. The number of hydrogen-bond donors (Lipinski definition) is 2. The third kappa shape index (κ3) is 6.59. The monoisotopic (exact) mass is 572 g/mol. The van der Waals surface area contributed by atoms with Gasteiger partial charge in [-0.05, 0) is 59.4 Å². The van der Waals surface area contributed by atoms with Crippen molar-refractivity contribution in [1.82, 2.24) is 10.4 Å². The molecule has 4 rings (SSSR count). The van der Waals surface area contributed by atoms with Gasteiger partial charge in [-0.3, -0.25) is 14.9 Å². The lowest BCUT2D eigenvalue weighted by Crippen LogP contribution is -2.37. The fourth-order valence-electron chi connectivity index (χ4n) is 4.42. The Morgan fingerprint density at radius 1 is 1.08 bits per heavy atom. The summed E-state index contributed by atoms with van der Waals surface area (Å²) in [5, 5.41) is 9.36. The number of likely N-dealkylation sites (tertiary alicyclic amines) is 1. The van der Waals surface area contributed by atoms with E-state index >= 15 is 0 Å². The highest BCUT2D eigenvalue weighted by Crippen LogP contribution is 2.36. The lowest BCUT2D eigenvalue weighted by atomic mass is 10.0. The van der Waals surface area contributed by atoms with Gasteiger partial charge in [0.15, 0.2) is 6.61 Å². The number of ether oxygens (including phenoxy) is 2. The summed E-state index contributed by atoms with van der Waals surface area (Å²) in [6.07, 6.45) is 3.53. The Hall–Kier alpha value is -2.58. The minimum absolute atomic E-state index is 0.292. The first kappa shape index (κ1) is 26.5. The van der Waals surface area contributed by atoms with Crippen molar-refractivity contribution in [2.75, 3.05) is 13.2 Å². The minimum Gasteiger partial charge on any atom is -0.487 e. The van der Waals surface area contributed by atoms with Crippen LogP contribution in [0.2, 0.25) is 5.02 Å². The van der Waals surface area contributed by atoms with Crippen molar-refractivity contribution in [3.8, 4) is 22.6 Å². The van der Waals surface area contributed by atoms with Gasteiger partial charge in [0, 0.05) is 34.3 Å². The van der Waals surface area contributed by atoms with Gasteiger partial charge in [0.25, 0.3) is 5.91 Å². The van der Waals surface area contributed by atoms with E-state index in [0.717, 1.165) is 46.1 Å². The molecule has 0 radical (unpaired) electrons. The average Bonchev–Trinajstić information content (AvgIpc) is 2.89. The number of piperidine rings is 1. The van der Waals surface area contributed by atoms with E-state index in [1.165, 1.54) is 6.42 Å². The lowest BCUT2D eigenvalue weighted by Gasteiger charge is -2.33. The topological polar surface area (TPSA) is 71.0 Å². The van der Waals surface area contributed by atoms with Gasteiger partial charge in [0.05, 0.1) is 5.02 Å². The molecule has 3 aromatic rings. The predicted octanol–water partition coefficient (Wildman–Crippen LogP) is 6.61. The molecule has 1 amide bonds. The summed E-state index contributed by atoms with van der Waals surface area (Å²) in [7, 11) is 0. The predicted molar refractivity (Wildman–Crippen MR) is 145 cm³/mol. The van der Waals surface area contributed by atoms with E-state index in [1.807, 2.05) is 36.4 Å². The van der Waals surface area contributed by atoms with Gasteiger partial charge in [-0.25, -0.2) is 5.48 Å². The molecule has 6 nitrogen and oxygen atoms in total. The van der Waals surface area contributed by atoms with Crippen LogP contribution in [0.1, 0.15) is 37.3 Å². The quantitative estimate of drug-likeness (QED) is 0.223. The van der Waals surface area contributed by atoms with Gasteiger partial charge in [0.2, 0.25) is 0 Å². The van der Waals surface area contributed by atoms with E-state index < -0.39 is 5.91 Å². The molecular formula is C28H30BrClN2O4. The highest BCUT2D eigenvalue weighted by atomic mass is 79.9. The summed E-state index contributed by atoms with van der Waals surface area (Å²) < 4.78 is 12.9. The Morgan fingerprint density at radius 3 is 2.64 bits per heavy atom. The molecule has 8 heteroatoms. The number of nitrogens with zero attached hydrogens (tertiary/aromatic N) is 1. The number of nitrogens with one attached hydrogen (secondary N) is 1. The van der Waals surface area contributed by atoms with Crippen LogP contribution in [0.15, 0.2) is 65.1 Å². The molecule has 0 aromatic heterocycles. The fourth-order valence-corrected chi connectivity index (χ4v) is 5.27. The number of hydroxylamine groups is 1. The normalized spacial score (nSPS) is 15.9. The molecule has 3 aromatic carbocycles. The van der Waals surface area contributed by atoms with E-state index in [-0.39, 0.29) is 6.61 Å². The number of carbonyl (C=O) groups excluding carboxylic acids is 1. The summed E-state index contributed by atoms with van der Waals surface area (Å²) in [5.41, 5.74) is 5.64. The van der Waals surface area contributed by atoms with Gasteiger partial charge < -0.3 is 9.47 Å². The molecule has 0 spiro atoms. The smallest absolute Gasteiger partial charge is 0.281 e. The standard InChI is InChI=1S/C28H30BrClN2O4/c1-19-8-5-6-13-32(19)16-22-14-24(30)26(15-25(22)36-18-27(33)31-34)35-17-21-11-7-12-23(28(21)29)20-9-3-2-4-10-20/h2-4,7,9-12,14-15,19,34H,5-6,8,13,16-18H2,1H3,(H,31,33)/t19-/m1/s1. The fraction of sp³-hybridized carbons (Fsp3) is 0.321. The van der Waals surface area contributed by atoms with Crippen LogP contribution in [-0.4, -0.2) is 35.2 Å². The molecule has 1 atom stereocenters. The Balaban J connectivity index is 1.56.